The minimum absolute atomic E-state index is 0.352. The first-order valence-corrected chi connectivity index (χ1v) is 6.79. The number of nitrogens with one attached hydrogen (secondary N) is 2. The maximum absolute atomic E-state index is 4.53. The van der Waals surface area contributed by atoms with Crippen LogP contribution in [0.25, 0.3) is 11.3 Å². The van der Waals surface area contributed by atoms with Gasteiger partial charge in [-0.25, -0.2) is 15.0 Å². The smallest absolute Gasteiger partial charge is 0.228 e. The van der Waals surface area contributed by atoms with Crippen LogP contribution < -0.4 is 5.32 Å². The van der Waals surface area contributed by atoms with Crippen LogP contribution >= 0.6 is 0 Å². The van der Waals surface area contributed by atoms with Crippen molar-refractivity contribution in [3.05, 3.63) is 48.5 Å². The lowest BCUT2D eigenvalue weighted by atomic mass is 10.0. The molecule has 3 rings (SSSR count). The molecule has 0 aromatic carbocycles. The van der Waals surface area contributed by atoms with Gasteiger partial charge in [-0.05, 0) is 24.1 Å². The molecule has 0 aliphatic rings. The monoisotopic (exact) mass is 280 g/mol. The highest BCUT2D eigenvalue weighted by Crippen LogP contribution is 2.26. The second-order valence-electron chi connectivity index (χ2n) is 4.96. The molecule has 21 heavy (non-hydrogen) atoms. The van der Waals surface area contributed by atoms with Crippen LogP contribution in [-0.2, 0) is 0 Å². The van der Waals surface area contributed by atoms with Crippen LogP contribution in [-0.4, -0.2) is 25.1 Å². The summed E-state index contributed by atoms with van der Waals surface area (Å²) in [6.45, 7) is 4.23. The molecule has 0 atom stereocenters. The van der Waals surface area contributed by atoms with E-state index in [9.17, 15) is 0 Å². The van der Waals surface area contributed by atoms with Gasteiger partial charge in [0.2, 0.25) is 5.95 Å². The van der Waals surface area contributed by atoms with Gasteiger partial charge in [0.1, 0.15) is 5.82 Å². The van der Waals surface area contributed by atoms with Gasteiger partial charge in [-0.2, -0.15) is 5.10 Å². The van der Waals surface area contributed by atoms with Gasteiger partial charge in [-0.1, -0.05) is 19.9 Å². The normalized spacial score (nSPS) is 10.8. The summed E-state index contributed by atoms with van der Waals surface area (Å²) in [5.41, 5.74) is 2.90. The zero-order valence-electron chi connectivity index (χ0n) is 11.9. The molecule has 0 saturated carbocycles. The summed E-state index contributed by atoms with van der Waals surface area (Å²) >= 11 is 0. The lowest BCUT2D eigenvalue weighted by Gasteiger charge is -2.07. The molecule has 0 aliphatic heterocycles. The van der Waals surface area contributed by atoms with Gasteiger partial charge in [-0.3, -0.25) is 5.10 Å². The van der Waals surface area contributed by atoms with Crippen molar-refractivity contribution in [2.45, 2.75) is 19.8 Å². The zero-order chi connectivity index (χ0) is 14.7. The van der Waals surface area contributed by atoms with Gasteiger partial charge >= 0.3 is 0 Å². The third-order valence-corrected chi connectivity index (χ3v) is 3.08. The minimum atomic E-state index is 0.352. The predicted octanol–water partition coefficient (Wildman–Crippen LogP) is 3.13. The van der Waals surface area contributed by atoms with Crippen LogP contribution in [0.3, 0.4) is 0 Å². The van der Waals surface area contributed by atoms with Crippen LogP contribution in [0.5, 0.6) is 0 Å². The maximum Gasteiger partial charge on any atom is 0.228 e. The number of aromatic nitrogens is 5. The molecule has 0 spiro atoms. The van der Waals surface area contributed by atoms with Gasteiger partial charge in [0, 0.05) is 23.7 Å². The first-order chi connectivity index (χ1) is 10.2. The van der Waals surface area contributed by atoms with E-state index >= 15 is 0 Å². The fourth-order valence-corrected chi connectivity index (χ4v) is 2.06. The first kappa shape index (κ1) is 13.2. The van der Waals surface area contributed by atoms with Crippen molar-refractivity contribution in [3.8, 4) is 11.3 Å². The number of H-pyrrole nitrogens is 1. The lowest BCUT2D eigenvalue weighted by molar-refractivity contribution is 0.811. The third-order valence-electron chi connectivity index (χ3n) is 3.08. The standard InChI is InChI=1S/C15H16N6/c1-10(2)14-11(9-18-21-14)12-6-8-17-15(19-12)20-13-5-3-4-7-16-13/h3-10H,1-2H3,(H,18,21)(H,16,17,19,20). The number of aromatic amines is 1. The summed E-state index contributed by atoms with van der Waals surface area (Å²) in [6, 6.07) is 7.52. The number of anilines is 2. The molecule has 0 saturated heterocycles. The molecule has 3 aromatic heterocycles. The Bertz CT molecular complexity index is 720. The van der Waals surface area contributed by atoms with E-state index in [0.717, 1.165) is 17.0 Å². The van der Waals surface area contributed by atoms with E-state index in [2.05, 4.69) is 44.3 Å². The van der Waals surface area contributed by atoms with Crippen molar-refractivity contribution in [2.75, 3.05) is 5.32 Å². The number of pyridine rings is 1. The van der Waals surface area contributed by atoms with E-state index in [1.807, 2.05) is 24.3 Å². The Morgan fingerprint density at radius 3 is 2.76 bits per heavy atom. The molecular formula is C15H16N6. The van der Waals surface area contributed by atoms with Gasteiger partial charge in [0.25, 0.3) is 0 Å². The van der Waals surface area contributed by atoms with Gasteiger partial charge in [0.05, 0.1) is 11.9 Å². The van der Waals surface area contributed by atoms with Crippen molar-refractivity contribution >= 4 is 11.8 Å². The summed E-state index contributed by atoms with van der Waals surface area (Å²) < 4.78 is 0. The minimum Gasteiger partial charge on any atom is -0.309 e. The molecule has 106 valence electrons. The fraction of sp³-hybridized carbons (Fsp3) is 0.200. The van der Waals surface area contributed by atoms with E-state index in [-0.39, 0.29) is 0 Å². The number of rotatable bonds is 4. The van der Waals surface area contributed by atoms with Gasteiger partial charge in [0.15, 0.2) is 0 Å². The van der Waals surface area contributed by atoms with Crippen LogP contribution in [0.15, 0.2) is 42.9 Å². The summed E-state index contributed by atoms with van der Waals surface area (Å²) in [5.74, 6) is 1.58. The fourth-order valence-electron chi connectivity index (χ4n) is 2.06. The van der Waals surface area contributed by atoms with Crippen LogP contribution in [0.1, 0.15) is 25.5 Å². The van der Waals surface area contributed by atoms with Crippen LogP contribution in [0.2, 0.25) is 0 Å². The summed E-state index contributed by atoms with van der Waals surface area (Å²) in [5, 5.41) is 10.2. The number of nitrogens with zero attached hydrogens (tertiary/aromatic N) is 4. The van der Waals surface area contributed by atoms with Crippen molar-refractivity contribution in [2.24, 2.45) is 0 Å². The van der Waals surface area contributed by atoms with Gasteiger partial charge < -0.3 is 5.32 Å². The van der Waals surface area contributed by atoms with E-state index in [4.69, 9.17) is 0 Å². The Kier molecular flexibility index (Phi) is 3.59. The number of hydrogen-bond donors (Lipinski definition) is 2. The van der Waals surface area contributed by atoms with Gasteiger partial charge in [-0.15, -0.1) is 0 Å². The molecule has 3 heterocycles. The van der Waals surface area contributed by atoms with E-state index in [0.29, 0.717) is 17.7 Å². The quantitative estimate of drug-likeness (QED) is 0.767. The highest BCUT2D eigenvalue weighted by molar-refractivity contribution is 5.63. The predicted molar refractivity (Wildman–Crippen MR) is 81.2 cm³/mol. The third kappa shape index (κ3) is 2.89. The molecule has 0 unspecified atom stereocenters. The number of hydrogen-bond acceptors (Lipinski definition) is 5. The van der Waals surface area contributed by atoms with E-state index < -0.39 is 0 Å². The average molecular weight is 280 g/mol. The molecule has 0 bridgehead atoms. The Morgan fingerprint density at radius 1 is 1.10 bits per heavy atom. The Morgan fingerprint density at radius 2 is 2.00 bits per heavy atom. The molecule has 0 aliphatic carbocycles. The Hall–Kier alpha value is -2.76. The zero-order valence-corrected chi connectivity index (χ0v) is 11.9. The van der Waals surface area contributed by atoms with Crippen molar-refractivity contribution < 1.29 is 0 Å². The Balaban J connectivity index is 1.91. The summed E-state index contributed by atoms with van der Waals surface area (Å²) in [7, 11) is 0. The van der Waals surface area contributed by atoms with Crippen LogP contribution in [0.4, 0.5) is 11.8 Å². The molecule has 0 fully saturated rings. The average Bonchev–Trinajstić information content (AvgIpc) is 2.98. The molecule has 6 heteroatoms. The first-order valence-electron chi connectivity index (χ1n) is 6.79. The highest BCUT2D eigenvalue weighted by atomic mass is 15.1. The topological polar surface area (TPSA) is 79.4 Å². The molecule has 0 radical (unpaired) electrons. The summed E-state index contributed by atoms with van der Waals surface area (Å²) in [4.78, 5) is 13.0. The molecule has 2 N–H and O–H groups in total. The molecular weight excluding hydrogens is 264 g/mol. The summed E-state index contributed by atoms with van der Waals surface area (Å²) in [6.07, 6.45) is 5.24. The van der Waals surface area contributed by atoms with E-state index in [1.165, 1.54) is 0 Å². The lowest BCUT2D eigenvalue weighted by Crippen LogP contribution is -2.00. The SMILES string of the molecule is CC(C)c1[nH]ncc1-c1ccnc(Nc2ccccn2)n1. The second kappa shape index (κ2) is 5.70. The van der Waals surface area contributed by atoms with Crippen molar-refractivity contribution in [1.82, 2.24) is 25.1 Å². The Labute approximate surface area is 122 Å². The van der Waals surface area contributed by atoms with Crippen molar-refractivity contribution in [1.29, 1.82) is 0 Å². The molecule has 3 aromatic rings. The molecule has 0 amide bonds. The van der Waals surface area contributed by atoms with Crippen LogP contribution in [0, 0.1) is 0 Å². The van der Waals surface area contributed by atoms with Crippen molar-refractivity contribution in [3.63, 3.8) is 0 Å². The van der Waals surface area contributed by atoms with E-state index in [1.54, 1.807) is 18.6 Å². The largest absolute Gasteiger partial charge is 0.309 e. The highest BCUT2D eigenvalue weighted by Gasteiger charge is 2.12. The molecule has 6 nitrogen and oxygen atoms in total. The maximum atomic E-state index is 4.53. The second-order valence-corrected chi connectivity index (χ2v) is 4.96.